The maximum Gasteiger partial charge on any atom is 0.317 e. The second-order valence-corrected chi connectivity index (χ2v) is 5.94. The molecule has 0 aliphatic heterocycles. The van der Waals surface area contributed by atoms with E-state index in [1.807, 2.05) is 62.5 Å². The lowest BCUT2D eigenvalue weighted by Crippen LogP contribution is -2.21. The van der Waals surface area contributed by atoms with Gasteiger partial charge in [-0.05, 0) is 38.1 Å². The highest BCUT2D eigenvalue weighted by Gasteiger charge is 2.18. The summed E-state index contributed by atoms with van der Waals surface area (Å²) in [5.41, 5.74) is 9.34. The Bertz CT molecular complexity index is 1110. The first kappa shape index (κ1) is 15.8. The van der Waals surface area contributed by atoms with E-state index in [4.69, 9.17) is 10.8 Å². The van der Waals surface area contributed by atoms with Crippen LogP contribution in [-0.4, -0.2) is 30.4 Å². The Morgan fingerprint density at radius 1 is 1.08 bits per heavy atom. The van der Waals surface area contributed by atoms with Gasteiger partial charge in [0.1, 0.15) is 11.6 Å². The molecule has 2 amide bonds. The summed E-state index contributed by atoms with van der Waals surface area (Å²) < 4.78 is 3.39. The average molecular weight is 347 g/mol. The molecule has 0 saturated heterocycles. The van der Waals surface area contributed by atoms with Gasteiger partial charge in [0, 0.05) is 17.3 Å². The summed E-state index contributed by atoms with van der Waals surface area (Å²) in [7, 11) is 0. The monoisotopic (exact) mass is 347 g/mol. The van der Waals surface area contributed by atoms with Gasteiger partial charge >= 0.3 is 6.03 Å². The molecule has 130 valence electrons. The number of pyridine rings is 1. The molecule has 1 aromatic carbocycles. The van der Waals surface area contributed by atoms with Crippen LogP contribution in [0.2, 0.25) is 0 Å². The third-order valence-electron chi connectivity index (χ3n) is 4.07. The quantitative estimate of drug-likeness (QED) is 0.594. The van der Waals surface area contributed by atoms with E-state index >= 15 is 0 Å². The highest BCUT2D eigenvalue weighted by atomic mass is 16.2. The van der Waals surface area contributed by atoms with E-state index in [9.17, 15) is 4.79 Å². The summed E-state index contributed by atoms with van der Waals surface area (Å²) in [6.45, 7) is 3.74. The van der Waals surface area contributed by atoms with Crippen LogP contribution >= 0.6 is 0 Å². The highest BCUT2D eigenvalue weighted by molar-refractivity contribution is 5.89. The predicted octanol–water partition coefficient (Wildman–Crippen LogP) is 2.69. The SMILES string of the molecule is Cc1nc2ccc(-c3nn(-c4ccccc4)c(NC(N)=O)c3C)cn2n1. The fourth-order valence-corrected chi connectivity index (χ4v) is 2.92. The number of aryl methyl sites for hydroxylation is 1. The van der Waals surface area contributed by atoms with Crippen LogP contribution < -0.4 is 11.1 Å². The Morgan fingerprint density at radius 2 is 1.85 bits per heavy atom. The van der Waals surface area contributed by atoms with Gasteiger partial charge in [-0.25, -0.2) is 19.0 Å². The average Bonchev–Trinajstić information content (AvgIpc) is 3.14. The van der Waals surface area contributed by atoms with Crippen molar-refractivity contribution in [2.75, 3.05) is 5.32 Å². The summed E-state index contributed by atoms with van der Waals surface area (Å²) in [6, 6.07) is 12.7. The van der Waals surface area contributed by atoms with Crippen LogP contribution in [-0.2, 0) is 0 Å². The van der Waals surface area contributed by atoms with Gasteiger partial charge in [-0.15, -0.1) is 0 Å². The standard InChI is InChI=1S/C18H17N7O/c1-11-16(13-8-9-15-20-12(2)22-24(15)10-13)23-25(17(11)21-18(19)26)14-6-4-3-5-7-14/h3-10H,1-2H3,(H3,19,21,26). The molecule has 8 nitrogen and oxygen atoms in total. The molecule has 3 N–H and O–H groups in total. The van der Waals surface area contributed by atoms with Crippen molar-refractivity contribution in [1.29, 1.82) is 0 Å². The number of para-hydroxylation sites is 1. The Labute approximate surface area is 149 Å². The number of aromatic nitrogens is 5. The van der Waals surface area contributed by atoms with Gasteiger partial charge in [0.15, 0.2) is 5.65 Å². The van der Waals surface area contributed by atoms with E-state index in [0.717, 1.165) is 28.2 Å². The van der Waals surface area contributed by atoms with Gasteiger partial charge in [0.05, 0.1) is 11.4 Å². The maximum atomic E-state index is 11.5. The first-order chi connectivity index (χ1) is 12.5. The number of hydrogen-bond acceptors (Lipinski definition) is 4. The van der Waals surface area contributed by atoms with Crippen LogP contribution in [0.5, 0.6) is 0 Å². The first-order valence-corrected chi connectivity index (χ1v) is 8.08. The molecule has 0 spiro atoms. The lowest BCUT2D eigenvalue weighted by molar-refractivity contribution is 0.259. The third-order valence-corrected chi connectivity index (χ3v) is 4.07. The zero-order valence-corrected chi connectivity index (χ0v) is 14.3. The largest absolute Gasteiger partial charge is 0.351 e. The van der Waals surface area contributed by atoms with Gasteiger partial charge in [-0.3, -0.25) is 5.32 Å². The molecule has 0 fully saturated rings. The number of urea groups is 1. The van der Waals surface area contributed by atoms with E-state index in [2.05, 4.69) is 15.4 Å². The van der Waals surface area contributed by atoms with Crippen LogP contribution in [0, 0.1) is 13.8 Å². The van der Waals surface area contributed by atoms with Gasteiger partial charge in [0.25, 0.3) is 0 Å². The summed E-state index contributed by atoms with van der Waals surface area (Å²) in [5, 5.41) is 11.7. The molecular weight excluding hydrogens is 330 g/mol. The summed E-state index contributed by atoms with van der Waals surface area (Å²) in [5.74, 6) is 1.23. The molecule has 4 aromatic rings. The Balaban J connectivity index is 1.90. The van der Waals surface area contributed by atoms with Crippen LogP contribution in [0.3, 0.4) is 0 Å². The molecule has 8 heteroatoms. The number of nitrogens with zero attached hydrogens (tertiary/aromatic N) is 5. The number of hydrogen-bond donors (Lipinski definition) is 2. The third kappa shape index (κ3) is 2.67. The second-order valence-electron chi connectivity index (χ2n) is 5.94. The topological polar surface area (TPSA) is 103 Å². The van der Waals surface area contributed by atoms with E-state index in [-0.39, 0.29) is 0 Å². The van der Waals surface area contributed by atoms with Crippen LogP contribution in [0.25, 0.3) is 22.6 Å². The minimum absolute atomic E-state index is 0.536. The zero-order valence-electron chi connectivity index (χ0n) is 14.3. The smallest absolute Gasteiger partial charge is 0.317 e. The van der Waals surface area contributed by atoms with Gasteiger partial charge in [-0.1, -0.05) is 18.2 Å². The fraction of sp³-hybridized carbons (Fsp3) is 0.111. The number of primary amides is 1. The highest BCUT2D eigenvalue weighted by Crippen LogP contribution is 2.30. The number of fused-ring (bicyclic) bond motifs is 1. The minimum atomic E-state index is -0.640. The second kappa shape index (κ2) is 5.99. The first-order valence-electron chi connectivity index (χ1n) is 8.08. The number of nitrogens with two attached hydrogens (primary N) is 1. The maximum absolute atomic E-state index is 11.5. The summed E-state index contributed by atoms with van der Waals surface area (Å²) in [6.07, 6.45) is 1.87. The number of amides is 2. The number of rotatable bonds is 3. The van der Waals surface area contributed by atoms with Crippen molar-refractivity contribution in [3.63, 3.8) is 0 Å². The molecule has 26 heavy (non-hydrogen) atoms. The summed E-state index contributed by atoms with van der Waals surface area (Å²) in [4.78, 5) is 15.8. The van der Waals surface area contributed by atoms with Crippen molar-refractivity contribution in [3.05, 3.63) is 60.0 Å². The van der Waals surface area contributed by atoms with Crippen LogP contribution in [0.4, 0.5) is 10.6 Å². The van der Waals surface area contributed by atoms with Crippen molar-refractivity contribution in [2.24, 2.45) is 5.73 Å². The number of anilines is 1. The molecule has 3 heterocycles. The number of carbonyl (C=O) groups is 1. The van der Waals surface area contributed by atoms with Gasteiger partial charge in [-0.2, -0.15) is 10.2 Å². The molecule has 0 bridgehead atoms. The fourth-order valence-electron chi connectivity index (χ4n) is 2.92. The van der Waals surface area contributed by atoms with Crippen molar-refractivity contribution in [3.8, 4) is 16.9 Å². The zero-order chi connectivity index (χ0) is 18.3. The minimum Gasteiger partial charge on any atom is -0.351 e. The number of carbonyl (C=O) groups excluding carboxylic acids is 1. The van der Waals surface area contributed by atoms with Crippen molar-refractivity contribution in [2.45, 2.75) is 13.8 Å². The van der Waals surface area contributed by atoms with E-state index in [0.29, 0.717) is 11.6 Å². The van der Waals surface area contributed by atoms with E-state index in [1.165, 1.54) is 0 Å². The number of nitrogens with one attached hydrogen (secondary N) is 1. The Kier molecular flexibility index (Phi) is 3.65. The molecule has 0 aliphatic carbocycles. The molecule has 0 radical (unpaired) electrons. The van der Waals surface area contributed by atoms with E-state index < -0.39 is 6.03 Å². The van der Waals surface area contributed by atoms with Crippen molar-refractivity contribution in [1.82, 2.24) is 24.4 Å². The molecule has 4 rings (SSSR count). The molecule has 0 saturated carbocycles. The predicted molar refractivity (Wildman–Crippen MR) is 98.2 cm³/mol. The molecule has 0 unspecified atom stereocenters. The summed E-state index contributed by atoms with van der Waals surface area (Å²) >= 11 is 0. The lowest BCUT2D eigenvalue weighted by Gasteiger charge is -2.07. The van der Waals surface area contributed by atoms with E-state index in [1.54, 1.807) is 9.20 Å². The molecular formula is C18H17N7O. The van der Waals surface area contributed by atoms with Gasteiger partial charge < -0.3 is 5.73 Å². The van der Waals surface area contributed by atoms with Crippen LogP contribution in [0.1, 0.15) is 11.4 Å². The number of benzene rings is 1. The lowest BCUT2D eigenvalue weighted by atomic mass is 10.1. The molecule has 0 aliphatic rings. The normalized spacial score (nSPS) is 11.0. The van der Waals surface area contributed by atoms with Crippen molar-refractivity contribution < 1.29 is 4.79 Å². The molecule has 0 atom stereocenters. The Hall–Kier alpha value is -3.68. The molecule has 3 aromatic heterocycles. The van der Waals surface area contributed by atoms with Crippen LogP contribution in [0.15, 0.2) is 48.7 Å². The van der Waals surface area contributed by atoms with Gasteiger partial charge in [0.2, 0.25) is 0 Å². The Morgan fingerprint density at radius 3 is 2.58 bits per heavy atom. The van der Waals surface area contributed by atoms with Crippen molar-refractivity contribution >= 4 is 17.5 Å².